The van der Waals surface area contributed by atoms with Crippen molar-refractivity contribution in [3.63, 3.8) is 0 Å². The molecule has 25 heavy (non-hydrogen) atoms. The zero-order valence-corrected chi connectivity index (χ0v) is 14.0. The van der Waals surface area contributed by atoms with Gasteiger partial charge in [-0.05, 0) is 36.6 Å². The van der Waals surface area contributed by atoms with Crippen LogP contribution in [0.15, 0.2) is 51.6 Å². The molecule has 1 aliphatic rings. The third-order valence-corrected chi connectivity index (χ3v) is 4.68. The molecular formula is C19H19N3O3. The van der Waals surface area contributed by atoms with Gasteiger partial charge >= 0.3 is 0 Å². The van der Waals surface area contributed by atoms with Crippen LogP contribution >= 0.6 is 0 Å². The highest BCUT2D eigenvalue weighted by molar-refractivity contribution is 5.79. The van der Waals surface area contributed by atoms with E-state index in [0.717, 1.165) is 24.1 Å². The molecule has 6 nitrogen and oxygen atoms in total. The summed E-state index contributed by atoms with van der Waals surface area (Å²) in [7, 11) is 0. The lowest BCUT2D eigenvalue weighted by Gasteiger charge is -2.16. The van der Waals surface area contributed by atoms with Crippen molar-refractivity contribution in [1.29, 1.82) is 0 Å². The van der Waals surface area contributed by atoms with E-state index in [1.807, 2.05) is 36.1 Å². The second-order valence-electron chi connectivity index (χ2n) is 6.36. The van der Waals surface area contributed by atoms with Crippen LogP contribution in [0, 0.1) is 6.92 Å². The summed E-state index contributed by atoms with van der Waals surface area (Å²) in [6.45, 7) is 3.38. The summed E-state index contributed by atoms with van der Waals surface area (Å²) < 4.78 is 10.5. The molecule has 0 spiro atoms. The fraction of sp³-hybridized carbons (Fsp3) is 0.316. The molecule has 3 aromatic rings. The Morgan fingerprint density at radius 1 is 1.28 bits per heavy atom. The molecule has 0 aliphatic carbocycles. The summed E-state index contributed by atoms with van der Waals surface area (Å²) in [6.07, 6.45) is 2.85. The number of hydrogen-bond acceptors (Lipinski definition) is 5. The normalized spacial score (nSPS) is 17.2. The van der Waals surface area contributed by atoms with Crippen LogP contribution in [0.5, 0.6) is 0 Å². The molecule has 2 aromatic heterocycles. The van der Waals surface area contributed by atoms with E-state index in [2.05, 4.69) is 10.1 Å². The smallest absolute Gasteiger partial charge is 0.293 e. The van der Waals surface area contributed by atoms with Crippen LogP contribution in [0.2, 0.25) is 0 Å². The summed E-state index contributed by atoms with van der Waals surface area (Å²) in [5.74, 6) is 1.83. The van der Waals surface area contributed by atoms with Crippen LogP contribution < -0.4 is 0 Å². The summed E-state index contributed by atoms with van der Waals surface area (Å²) in [6, 6.07) is 11.6. The van der Waals surface area contributed by atoms with Gasteiger partial charge in [0.05, 0.1) is 12.7 Å². The number of likely N-dealkylation sites (tertiary alicyclic amines) is 1. The minimum atomic E-state index is 0.105. The number of benzene rings is 1. The van der Waals surface area contributed by atoms with Crippen LogP contribution in [0.4, 0.5) is 0 Å². The van der Waals surface area contributed by atoms with Gasteiger partial charge in [-0.1, -0.05) is 29.4 Å². The number of aryl methyl sites for hydroxylation is 1. The highest BCUT2D eigenvalue weighted by Crippen LogP contribution is 2.28. The molecule has 1 saturated heterocycles. The second kappa shape index (κ2) is 6.55. The molecule has 4 rings (SSSR count). The molecule has 0 N–H and O–H groups in total. The molecule has 128 valence electrons. The number of nitrogens with zero attached hydrogens (tertiary/aromatic N) is 3. The third-order valence-electron chi connectivity index (χ3n) is 4.68. The standard InChI is InChI=1S/C19H19N3O3/c1-13-5-2-3-6-14(13)11-17(23)22-9-8-15(12-22)18-20-19(25-21-18)16-7-4-10-24-16/h2-7,10,15H,8-9,11-12H2,1H3/t15-/m1/s1. The predicted molar refractivity (Wildman–Crippen MR) is 90.8 cm³/mol. The third kappa shape index (κ3) is 3.20. The Labute approximate surface area is 145 Å². The fourth-order valence-corrected chi connectivity index (χ4v) is 3.18. The molecule has 1 atom stereocenters. The molecule has 1 amide bonds. The van der Waals surface area contributed by atoms with E-state index in [9.17, 15) is 4.79 Å². The number of rotatable bonds is 4. The Balaban J connectivity index is 1.41. The van der Waals surface area contributed by atoms with E-state index < -0.39 is 0 Å². The minimum Gasteiger partial charge on any atom is -0.459 e. The van der Waals surface area contributed by atoms with Gasteiger partial charge in [0.15, 0.2) is 11.6 Å². The van der Waals surface area contributed by atoms with Gasteiger partial charge < -0.3 is 13.8 Å². The van der Waals surface area contributed by atoms with Crippen LogP contribution in [-0.2, 0) is 11.2 Å². The molecule has 1 aromatic carbocycles. The van der Waals surface area contributed by atoms with Crippen molar-refractivity contribution in [2.75, 3.05) is 13.1 Å². The summed E-state index contributed by atoms with van der Waals surface area (Å²) in [5.41, 5.74) is 2.23. The van der Waals surface area contributed by atoms with E-state index in [4.69, 9.17) is 8.94 Å². The van der Waals surface area contributed by atoms with Crippen molar-refractivity contribution >= 4 is 5.91 Å². The largest absolute Gasteiger partial charge is 0.459 e. The number of furan rings is 1. The van der Waals surface area contributed by atoms with Crippen molar-refractivity contribution in [2.45, 2.75) is 25.7 Å². The maximum atomic E-state index is 12.6. The minimum absolute atomic E-state index is 0.105. The maximum Gasteiger partial charge on any atom is 0.293 e. The lowest BCUT2D eigenvalue weighted by molar-refractivity contribution is -0.129. The molecule has 0 unspecified atom stereocenters. The van der Waals surface area contributed by atoms with Crippen molar-refractivity contribution in [1.82, 2.24) is 15.0 Å². The van der Waals surface area contributed by atoms with Gasteiger partial charge in [0.25, 0.3) is 5.89 Å². The maximum absolute atomic E-state index is 12.6. The first kappa shape index (κ1) is 15.6. The van der Waals surface area contributed by atoms with Gasteiger partial charge in [0.1, 0.15) is 0 Å². The number of hydrogen-bond donors (Lipinski definition) is 0. The Hall–Kier alpha value is -2.89. The highest BCUT2D eigenvalue weighted by atomic mass is 16.5. The fourth-order valence-electron chi connectivity index (χ4n) is 3.18. The zero-order valence-electron chi connectivity index (χ0n) is 14.0. The molecule has 0 saturated carbocycles. The quantitative estimate of drug-likeness (QED) is 0.731. The van der Waals surface area contributed by atoms with E-state index in [1.54, 1.807) is 18.4 Å². The number of carbonyl (C=O) groups is 1. The Morgan fingerprint density at radius 3 is 2.96 bits per heavy atom. The molecule has 6 heteroatoms. The average molecular weight is 337 g/mol. The molecule has 0 bridgehead atoms. The Morgan fingerprint density at radius 2 is 2.16 bits per heavy atom. The zero-order chi connectivity index (χ0) is 17.2. The lowest BCUT2D eigenvalue weighted by Crippen LogP contribution is -2.30. The van der Waals surface area contributed by atoms with Crippen LogP contribution in [0.1, 0.15) is 29.3 Å². The summed E-state index contributed by atoms with van der Waals surface area (Å²) >= 11 is 0. The Kier molecular flexibility index (Phi) is 4.09. The van der Waals surface area contributed by atoms with Gasteiger partial charge in [-0.3, -0.25) is 4.79 Å². The first-order chi connectivity index (χ1) is 12.2. The van der Waals surface area contributed by atoms with Crippen LogP contribution in [0.25, 0.3) is 11.7 Å². The van der Waals surface area contributed by atoms with Crippen molar-refractivity contribution in [3.8, 4) is 11.7 Å². The topological polar surface area (TPSA) is 72.4 Å². The molecule has 1 fully saturated rings. The number of aromatic nitrogens is 2. The highest BCUT2D eigenvalue weighted by Gasteiger charge is 2.31. The molecular weight excluding hydrogens is 318 g/mol. The van der Waals surface area contributed by atoms with Crippen LogP contribution in [-0.4, -0.2) is 34.0 Å². The Bertz CT molecular complexity index is 870. The molecule has 3 heterocycles. The molecule has 1 aliphatic heterocycles. The predicted octanol–water partition coefficient (Wildman–Crippen LogP) is 3.20. The van der Waals surface area contributed by atoms with Gasteiger partial charge in [-0.25, -0.2) is 0 Å². The summed E-state index contributed by atoms with van der Waals surface area (Å²) in [4.78, 5) is 18.9. The van der Waals surface area contributed by atoms with E-state index >= 15 is 0 Å². The van der Waals surface area contributed by atoms with Crippen molar-refractivity contribution in [3.05, 3.63) is 59.6 Å². The monoisotopic (exact) mass is 337 g/mol. The SMILES string of the molecule is Cc1ccccc1CC(=O)N1CC[C@@H](c2noc(-c3ccco3)n2)C1. The van der Waals surface area contributed by atoms with Gasteiger partial charge in [0, 0.05) is 19.0 Å². The van der Waals surface area contributed by atoms with E-state index in [1.165, 1.54) is 0 Å². The van der Waals surface area contributed by atoms with Crippen LogP contribution in [0.3, 0.4) is 0 Å². The number of amides is 1. The first-order valence-electron chi connectivity index (χ1n) is 8.40. The first-order valence-corrected chi connectivity index (χ1v) is 8.40. The van der Waals surface area contributed by atoms with Gasteiger partial charge in [0.2, 0.25) is 5.91 Å². The van der Waals surface area contributed by atoms with E-state index in [-0.39, 0.29) is 11.8 Å². The van der Waals surface area contributed by atoms with Gasteiger partial charge in [-0.2, -0.15) is 4.98 Å². The van der Waals surface area contributed by atoms with Gasteiger partial charge in [-0.15, -0.1) is 0 Å². The average Bonchev–Trinajstić information content (AvgIpc) is 3.36. The molecule has 0 radical (unpaired) electrons. The summed E-state index contributed by atoms with van der Waals surface area (Å²) in [5, 5.41) is 4.06. The van der Waals surface area contributed by atoms with E-state index in [0.29, 0.717) is 30.4 Å². The van der Waals surface area contributed by atoms with Crippen molar-refractivity contribution < 1.29 is 13.7 Å². The second-order valence-corrected chi connectivity index (χ2v) is 6.36. The van der Waals surface area contributed by atoms with Crippen molar-refractivity contribution in [2.24, 2.45) is 0 Å². The number of carbonyl (C=O) groups excluding carboxylic acids is 1. The lowest BCUT2D eigenvalue weighted by atomic mass is 10.1.